The summed E-state index contributed by atoms with van der Waals surface area (Å²) < 4.78 is 23.6. The summed E-state index contributed by atoms with van der Waals surface area (Å²) in [4.78, 5) is 6.51. The highest BCUT2D eigenvalue weighted by molar-refractivity contribution is 6.32. The lowest BCUT2D eigenvalue weighted by Gasteiger charge is -2.30. The number of ether oxygens (including phenoxy) is 1. The van der Waals surface area contributed by atoms with E-state index >= 15 is 0 Å². The van der Waals surface area contributed by atoms with Gasteiger partial charge in [-0.1, -0.05) is 16.8 Å². The molecule has 1 aliphatic rings. The van der Waals surface area contributed by atoms with Gasteiger partial charge in [-0.05, 0) is 25.2 Å². The van der Waals surface area contributed by atoms with Gasteiger partial charge in [-0.3, -0.25) is 4.90 Å². The highest BCUT2D eigenvalue weighted by atomic mass is 35.5. The van der Waals surface area contributed by atoms with E-state index in [1.54, 1.807) is 0 Å². The van der Waals surface area contributed by atoms with Crippen LogP contribution in [0.3, 0.4) is 0 Å². The smallest absolute Gasteiger partial charge is 0.264 e. The topological polar surface area (TPSA) is 63.4 Å². The molecule has 1 aromatic heterocycles. The minimum Gasteiger partial charge on any atom is -0.482 e. The highest BCUT2D eigenvalue weighted by Gasteiger charge is 2.25. The van der Waals surface area contributed by atoms with Crippen molar-refractivity contribution in [3.8, 4) is 5.75 Å². The van der Waals surface area contributed by atoms with Crippen molar-refractivity contribution in [3.63, 3.8) is 0 Å². The average Bonchev–Trinajstić information content (AvgIpc) is 2.95. The normalized spacial score (nSPS) is 19.3. The molecule has 0 aliphatic carbocycles. The molecule has 0 spiro atoms. The Morgan fingerprint density at radius 1 is 1.55 bits per heavy atom. The van der Waals surface area contributed by atoms with E-state index in [-0.39, 0.29) is 17.7 Å². The van der Waals surface area contributed by atoms with Gasteiger partial charge in [0.25, 0.3) is 5.89 Å². The summed E-state index contributed by atoms with van der Waals surface area (Å²) in [6.45, 7) is 2.74. The summed E-state index contributed by atoms with van der Waals surface area (Å²) in [6.07, 6.45) is 0. The van der Waals surface area contributed by atoms with Crippen LogP contribution in [0.25, 0.3) is 0 Å². The molecule has 1 fully saturated rings. The summed E-state index contributed by atoms with van der Waals surface area (Å²) in [7, 11) is 2.02. The number of nitrogens with zero attached hydrogens (tertiary/aromatic N) is 3. The Bertz CT molecular complexity index is 652. The highest BCUT2D eigenvalue weighted by Crippen LogP contribution is 2.26. The van der Waals surface area contributed by atoms with Crippen LogP contribution in [-0.2, 0) is 6.61 Å². The molecule has 1 aromatic carbocycles. The molecule has 22 heavy (non-hydrogen) atoms. The van der Waals surface area contributed by atoms with E-state index in [2.05, 4.69) is 20.4 Å². The Hall–Kier alpha value is -1.70. The van der Waals surface area contributed by atoms with Crippen molar-refractivity contribution < 1.29 is 13.7 Å². The number of piperazine rings is 1. The molecule has 0 bridgehead atoms. The van der Waals surface area contributed by atoms with Crippen LogP contribution in [0.1, 0.15) is 17.8 Å². The second-order valence-corrected chi connectivity index (χ2v) is 5.52. The molecule has 0 radical (unpaired) electrons. The van der Waals surface area contributed by atoms with Crippen LogP contribution in [0, 0.1) is 5.82 Å². The number of nitrogens with one attached hydrogen (secondary N) is 1. The summed E-state index contributed by atoms with van der Waals surface area (Å²) in [5.41, 5.74) is 0. The molecule has 2 heterocycles. The Morgan fingerprint density at radius 2 is 2.41 bits per heavy atom. The summed E-state index contributed by atoms with van der Waals surface area (Å²) in [5, 5.41) is 7.50. The summed E-state index contributed by atoms with van der Waals surface area (Å²) >= 11 is 5.90. The molecular weight excluding hydrogens is 311 g/mol. The quantitative estimate of drug-likeness (QED) is 0.927. The van der Waals surface area contributed by atoms with Crippen LogP contribution in [0.15, 0.2) is 22.7 Å². The zero-order valence-electron chi connectivity index (χ0n) is 12.1. The van der Waals surface area contributed by atoms with Crippen LogP contribution in [0.5, 0.6) is 5.75 Å². The molecule has 0 amide bonds. The fraction of sp³-hybridized carbons (Fsp3) is 0.429. The first-order valence-electron chi connectivity index (χ1n) is 6.95. The van der Waals surface area contributed by atoms with Gasteiger partial charge in [-0.2, -0.15) is 4.98 Å². The molecule has 2 aromatic rings. The van der Waals surface area contributed by atoms with Crippen LogP contribution in [-0.4, -0.2) is 41.7 Å². The number of benzene rings is 1. The van der Waals surface area contributed by atoms with E-state index in [9.17, 15) is 4.39 Å². The number of halogens is 2. The maximum Gasteiger partial charge on any atom is 0.264 e. The van der Waals surface area contributed by atoms with E-state index in [0.717, 1.165) is 19.6 Å². The lowest BCUT2D eigenvalue weighted by molar-refractivity contribution is 0.189. The van der Waals surface area contributed by atoms with Crippen molar-refractivity contribution in [1.29, 1.82) is 0 Å². The molecule has 1 N–H and O–H groups in total. The van der Waals surface area contributed by atoms with Crippen LogP contribution >= 0.6 is 11.6 Å². The minimum absolute atomic E-state index is 0.0839. The fourth-order valence-corrected chi connectivity index (χ4v) is 2.51. The maximum absolute atomic E-state index is 13.0. The van der Waals surface area contributed by atoms with Gasteiger partial charge in [0, 0.05) is 19.6 Å². The molecule has 1 atom stereocenters. The van der Waals surface area contributed by atoms with Crippen molar-refractivity contribution in [2.24, 2.45) is 0 Å². The molecule has 1 saturated heterocycles. The SMILES string of the molecule is CN1CCNCC1c1noc(COc2ccc(F)cc2Cl)n1. The van der Waals surface area contributed by atoms with Crippen molar-refractivity contribution in [2.75, 3.05) is 26.7 Å². The predicted molar refractivity (Wildman–Crippen MR) is 78.3 cm³/mol. The van der Waals surface area contributed by atoms with Gasteiger partial charge in [-0.25, -0.2) is 4.39 Å². The minimum atomic E-state index is -0.412. The lowest BCUT2D eigenvalue weighted by atomic mass is 10.2. The zero-order valence-corrected chi connectivity index (χ0v) is 12.8. The largest absolute Gasteiger partial charge is 0.482 e. The third kappa shape index (κ3) is 3.37. The lowest BCUT2D eigenvalue weighted by Crippen LogP contribution is -2.44. The van der Waals surface area contributed by atoms with Gasteiger partial charge in [0.05, 0.1) is 11.1 Å². The van der Waals surface area contributed by atoms with Crippen LogP contribution in [0.4, 0.5) is 4.39 Å². The van der Waals surface area contributed by atoms with E-state index < -0.39 is 5.82 Å². The Kier molecular flexibility index (Phi) is 4.56. The molecule has 0 saturated carbocycles. The molecule has 3 rings (SSSR count). The number of aromatic nitrogens is 2. The zero-order chi connectivity index (χ0) is 15.5. The van der Waals surface area contributed by atoms with Crippen LogP contribution < -0.4 is 10.1 Å². The number of hydrogen-bond acceptors (Lipinski definition) is 6. The monoisotopic (exact) mass is 326 g/mol. The van der Waals surface area contributed by atoms with Gasteiger partial charge in [0.15, 0.2) is 12.4 Å². The second-order valence-electron chi connectivity index (χ2n) is 5.11. The van der Waals surface area contributed by atoms with E-state index in [1.807, 2.05) is 7.05 Å². The molecular formula is C14H16ClFN4O2. The third-order valence-corrected chi connectivity index (χ3v) is 3.83. The van der Waals surface area contributed by atoms with E-state index in [0.29, 0.717) is 17.5 Å². The third-order valence-electron chi connectivity index (χ3n) is 3.54. The standard InChI is InChI=1S/C14H16ClFN4O2/c1-20-5-4-17-7-11(20)14-18-13(22-19-14)8-21-12-3-2-9(16)6-10(12)15/h2-3,6,11,17H,4-5,7-8H2,1H3. The molecule has 118 valence electrons. The van der Waals surface area contributed by atoms with Crippen molar-refractivity contribution >= 4 is 11.6 Å². The maximum atomic E-state index is 13.0. The van der Waals surface area contributed by atoms with Crippen LogP contribution in [0.2, 0.25) is 5.02 Å². The van der Waals surface area contributed by atoms with Gasteiger partial charge in [-0.15, -0.1) is 0 Å². The Labute approximate surface area is 132 Å². The van der Waals surface area contributed by atoms with E-state index in [4.69, 9.17) is 20.9 Å². The first kappa shape index (κ1) is 15.2. The fourth-order valence-electron chi connectivity index (χ4n) is 2.29. The Morgan fingerprint density at radius 3 is 3.18 bits per heavy atom. The van der Waals surface area contributed by atoms with Crippen molar-refractivity contribution in [3.05, 3.63) is 40.8 Å². The molecule has 6 nitrogen and oxygen atoms in total. The predicted octanol–water partition coefficient (Wildman–Crippen LogP) is 2.02. The van der Waals surface area contributed by atoms with Crippen molar-refractivity contribution in [2.45, 2.75) is 12.6 Å². The summed E-state index contributed by atoms with van der Waals surface area (Å²) in [6, 6.07) is 4.02. The van der Waals surface area contributed by atoms with Gasteiger partial charge >= 0.3 is 0 Å². The second kappa shape index (κ2) is 6.60. The molecule has 1 unspecified atom stereocenters. The summed E-state index contributed by atoms with van der Waals surface area (Å²) in [5.74, 6) is 0.942. The van der Waals surface area contributed by atoms with Gasteiger partial charge in [0.1, 0.15) is 11.6 Å². The Balaban J connectivity index is 1.64. The molecule has 1 aliphatic heterocycles. The van der Waals surface area contributed by atoms with Crippen molar-refractivity contribution in [1.82, 2.24) is 20.4 Å². The van der Waals surface area contributed by atoms with Gasteiger partial charge < -0.3 is 14.6 Å². The average molecular weight is 327 g/mol. The van der Waals surface area contributed by atoms with Gasteiger partial charge in [0.2, 0.25) is 0 Å². The number of likely N-dealkylation sites (N-methyl/N-ethyl adjacent to an activating group) is 1. The van der Waals surface area contributed by atoms with E-state index in [1.165, 1.54) is 18.2 Å². The first-order chi connectivity index (χ1) is 10.6. The number of hydrogen-bond donors (Lipinski definition) is 1. The number of rotatable bonds is 4. The first-order valence-corrected chi connectivity index (χ1v) is 7.32. The molecule has 8 heteroatoms.